The molecule has 0 aliphatic heterocycles. The van der Waals surface area contributed by atoms with Crippen molar-refractivity contribution >= 4 is 0 Å². The Balaban J connectivity index is 2.54. The highest BCUT2D eigenvalue weighted by Crippen LogP contribution is 2.34. The van der Waals surface area contributed by atoms with Crippen LogP contribution in [0, 0.1) is 0 Å². The van der Waals surface area contributed by atoms with E-state index in [2.05, 4.69) is 55.5 Å². The molecule has 0 atom stereocenters. The second kappa shape index (κ2) is 5.15. The van der Waals surface area contributed by atoms with Gasteiger partial charge in [-0.15, -0.1) is 0 Å². The molecule has 0 aliphatic carbocycles. The van der Waals surface area contributed by atoms with Gasteiger partial charge in [0.1, 0.15) is 0 Å². The van der Waals surface area contributed by atoms with Crippen molar-refractivity contribution in [3.63, 3.8) is 0 Å². The molecule has 1 nitrogen and oxygen atoms in total. The van der Waals surface area contributed by atoms with E-state index < -0.39 is 0 Å². The zero-order valence-corrected chi connectivity index (χ0v) is 10.3. The summed E-state index contributed by atoms with van der Waals surface area (Å²) in [5.41, 5.74) is 8.63. The lowest BCUT2D eigenvalue weighted by molar-refractivity contribution is 0.507. The summed E-state index contributed by atoms with van der Waals surface area (Å²) < 4.78 is 0. The van der Waals surface area contributed by atoms with Crippen LogP contribution in [0.5, 0.6) is 0 Å². The minimum atomic E-state index is -0.0531. The van der Waals surface area contributed by atoms with E-state index in [4.69, 9.17) is 5.73 Å². The van der Waals surface area contributed by atoms with Crippen LogP contribution in [-0.4, -0.2) is 6.54 Å². The highest BCUT2D eigenvalue weighted by molar-refractivity contribution is 5.39. The van der Waals surface area contributed by atoms with Gasteiger partial charge in [-0.3, -0.25) is 0 Å². The maximum atomic E-state index is 6.08. The first-order chi connectivity index (χ1) is 8.33. The van der Waals surface area contributed by atoms with E-state index in [1.807, 2.05) is 12.1 Å². The van der Waals surface area contributed by atoms with Gasteiger partial charge in [0, 0.05) is 12.0 Å². The lowest BCUT2D eigenvalue weighted by Gasteiger charge is -2.32. The van der Waals surface area contributed by atoms with E-state index >= 15 is 0 Å². The minimum absolute atomic E-state index is 0.0531. The van der Waals surface area contributed by atoms with Crippen LogP contribution < -0.4 is 5.73 Å². The Morgan fingerprint density at radius 2 is 1.24 bits per heavy atom. The summed E-state index contributed by atoms with van der Waals surface area (Å²) in [5.74, 6) is 0. The summed E-state index contributed by atoms with van der Waals surface area (Å²) in [7, 11) is 0. The molecule has 2 rings (SSSR count). The molecule has 2 aromatic rings. The summed E-state index contributed by atoms with van der Waals surface area (Å²) >= 11 is 0. The molecule has 0 aliphatic rings. The molecule has 1 heteroatoms. The van der Waals surface area contributed by atoms with Gasteiger partial charge >= 0.3 is 0 Å². The van der Waals surface area contributed by atoms with Gasteiger partial charge in [-0.05, 0) is 17.5 Å². The van der Waals surface area contributed by atoms with Gasteiger partial charge in [-0.1, -0.05) is 67.6 Å². The smallest absolute Gasteiger partial charge is 0.0322 e. The maximum Gasteiger partial charge on any atom is 0.0322 e. The quantitative estimate of drug-likeness (QED) is 0.848. The Morgan fingerprint density at radius 3 is 1.53 bits per heavy atom. The summed E-state index contributed by atoms with van der Waals surface area (Å²) in [5, 5.41) is 0. The summed E-state index contributed by atoms with van der Waals surface area (Å²) in [4.78, 5) is 0. The van der Waals surface area contributed by atoms with Crippen molar-refractivity contribution in [2.45, 2.75) is 18.8 Å². The standard InChI is InChI=1S/C16H19N/c1-2-16(13-17,14-9-5-3-6-10-14)15-11-7-4-8-12-15/h3-12H,2,13,17H2,1H3. The average molecular weight is 225 g/mol. The van der Waals surface area contributed by atoms with Crippen molar-refractivity contribution in [1.82, 2.24) is 0 Å². The molecule has 0 saturated heterocycles. The van der Waals surface area contributed by atoms with E-state index in [9.17, 15) is 0 Å². The molecule has 0 aromatic heterocycles. The molecule has 2 N–H and O–H groups in total. The fourth-order valence-corrected chi connectivity index (χ4v) is 2.47. The number of benzene rings is 2. The molecule has 0 bridgehead atoms. The van der Waals surface area contributed by atoms with Crippen molar-refractivity contribution in [1.29, 1.82) is 0 Å². The van der Waals surface area contributed by atoms with Gasteiger partial charge in [0.15, 0.2) is 0 Å². The number of rotatable bonds is 4. The number of hydrogen-bond acceptors (Lipinski definition) is 1. The lowest BCUT2D eigenvalue weighted by atomic mass is 9.72. The zero-order valence-electron chi connectivity index (χ0n) is 10.3. The first-order valence-electron chi connectivity index (χ1n) is 6.14. The molecule has 2 aromatic carbocycles. The van der Waals surface area contributed by atoms with E-state index in [-0.39, 0.29) is 5.41 Å². The largest absolute Gasteiger partial charge is 0.329 e. The second-order valence-corrected chi connectivity index (χ2v) is 4.37. The molecule has 0 unspecified atom stereocenters. The molecule has 0 spiro atoms. The fourth-order valence-electron chi connectivity index (χ4n) is 2.47. The molecule has 0 amide bonds. The van der Waals surface area contributed by atoms with Gasteiger partial charge in [-0.2, -0.15) is 0 Å². The molecule has 17 heavy (non-hydrogen) atoms. The van der Waals surface area contributed by atoms with Crippen LogP contribution in [0.4, 0.5) is 0 Å². The Bertz CT molecular complexity index is 402. The fraction of sp³-hybridized carbons (Fsp3) is 0.250. The Hall–Kier alpha value is -1.60. The van der Waals surface area contributed by atoms with Gasteiger partial charge in [0.2, 0.25) is 0 Å². The van der Waals surface area contributed by atoms with E-state index in [1.165, 1.54) is 11.1 Å². The molecule has 0 heterocycles. The van der Waals surface area contributed by atoms with Crippen molar-refractivity contribution in [3.05, 3.63) is 71.8 Å². The lowest BCUT2D eigenvalue weighted by Crippen LogP contribution is -2.35. The third-order valence-electron chi connectivity index (χ3n) is 3.60. The zero-order chi connectivity index (χ0) is 12.1. The third kappa shape index (κ3) is 2.11. The van der Waals surface area contributed by atoms with Gasteiger partial charge in [0.25, 0.3) is 0 Å². The maximum absolute atomic E-state index is 6.08. The Labute approximate surface area is 103 Å². The first kappa shape index (κ1) is 11.9. The highest BCUT2D eigenvalue weighted by atomic mass is 14.6. The van der Waals surface area contributed by atoms with Crippen LogP contribution >= 0.6 is 0 Å². The van der Waals surface area contributed by atoms with Crippen LogP contribution in [0.1, 0.15) is 24.5 Å². The average Bonchev–Trinajstić information content (AvgIpc) is 2.43. The van der Waals surface area contributed by atoms with Crippen molar-refractivity contribution in [3.8, 4) is 0 Å². The van der Waals surface area contributed by atoms with Crippen molar-refractivity contribution in [2.24, 2.45) is 5.73 Å². The molecule has 88 valence electrons. The Kier molecular flexibility index (Phi) is 3.60. The van der Waals surface area contributed by atoms with Crippen LogP contribution in [0.25, 0.3) is 0 Å². The molecular weight excluding hydrogens is 206 g/mol. The third-order valence-corrected chi connectivity index (χ3v) is 3.60. The predicted octanol–water partition coefficient (Wildman–Crippen LogP) is 3.34. The van der Waals surface area contributed by atoms with E-state index in [0.717, 1.165) is 6.42 Å². The molecule has 0 saturated carbocycles. The van der Waals surface area contributed by atoms with Gasteiger partial charge in [0.05, 0.1) is 0 Å². The van der Waals surface area contributed by atoms with Crippen LogP contribution in [0.15, 0.2) is 60.7 Å². The molecular formula is C16H19N. The van der Waals surface area contributed by atoms with E-state index in [1.54, 1.807) is 0 Å². The monoisotopic (exact) mass is 225 g/mol. The summed E-state index contributed by atoms with van der Waals surface area (Å²) in [6.45, 7) is 2.84. The second-order valence-electron chi connectivity index (χ2n) is 4.37. The number of hydrogen-bond donors (Lipinski definition) is 1. The van der Waals surface area contributed by atoms with Crippen molar-refractivity contribution < 1.29 is 0 Å². The topological polar surface area (TPSA) is 26.0 Å². The first-order valence-corrected chi connectivity index (χ1v) is 6.14. The van der Waals surface area contributed by atoms with Crippen LogP contribution in [0.2, 0.25) is 0 Å². The van der Waals surface area contributed by atoms with E-state index in [0.29, 0.717) is 6.54 Å². The SMILES string of the molecule is CCC(CN)(c1ccccc1)c1ccccc1. The van der Waals surface area contributed by atoms with Gasteiger partial charge < -0.3 is 5.73 Å². The molecule has 0 radical (unpaired) electrons. The Morgan fingerprint density at radius 1 is 0.824 bits per heavy atom. The summed E-state index contributed by atoms with van der Waals surface area (Å²) in [6.07, 6.45) is 1.01. The molecule has 0 fully saturated rings. The number of nitrogens with two attached hydrogens (primary N) is 1. The normalized spacial score (nSPS) is 11.4. The highest BCUT2D eigenvalue weighted by Gasteiger charge is 2.30. The van der Waals surface area contributed by atoms with Gasteiger partial charge in [-0.25, -0.2) is 0 Å². The van der Waals surface area contributed by atoms with Crippen LogP contribution in [0.3, 0.4) is 0 Å². The van der Waals surface area contributed by atoms with Crippen molar-refractivity contribution in [2.75, 3.05) is 6.54 Å². The van der Waals surface area contributed by atoms with Crippen LogP contribution in [-0.2, 0) is 5.41 Å². The summed E-state index contributed by atoms with van der Waals surface area (Å²) in [6, 6.07) is 21.1. The minimum Gasteiger partial charge on any atom is -0.329 e. The predicted molar refractivity (Wildman–Crippen MR) is 73.0 cm³/mol.